The molecule has 0 radical (unpaired) electrons. The van der Waals surface area contributed by atoms with Crippen LogP contribution in [0.2, 0.25) is 0 Å². The zero-order valence-corrected chi connectivity index (χ0v) is 6.84. The summed E-state index contributed by atoms with van der Waals surface area (Å²) < 4.78 is 0. The molecule has 0 bridgehead atoms. The van der Waals surface area contributed by atoms with Crippen LogP contribution in [0.1, 0.15) is 0 Å². The number of hydrogen-bond acceptors (Lipinski definition) is 6. The molecule has 8 heteroatoms. The van der Waals surface area contributed by atoms with Gasteiger partial charge in [-0.05, 0) is 34.9 Å². The van der Waals surface area contributed by atoms with Crippen molar-refractivity contribution in [1.82, 2.24) is 0 Å². The van der Waals surface area contributed by atoms with Gasteiger partial charge >= 0.3 is 0 Å². The Balaban J connectivity index is 3.55. The van der Waals surface area contributed by atoms with E-state index < -0.39 is 0 Å². The number of isothiocyanates is 2. The summed E-state index contributed by atoms with van der Waals surface area (Å²) in [5.41, 5.74) is 0. The van der Waals surface area contributed by atoms with E-state index in [0.717, 1.165) is 0 Å². The van der Waals surface area contributed by atoms with Gasteiger partial charge in [-0.3, -0.25) is 0 Å². The van der Waals surface area contributed by atoms with Gasteiger partial charge in [0.05, 0.1) is 10.3 Å². The van der Waals surface area contributed by atoms with E-state index in [4.69, 9.17) is 0 Å². The summed E-state index contributed by atoms with van der Waals surface area (Å²) in [6, 6.07) is 0. The van der Waals surface area contributed by atoms with Gasteiger partial charge in [-0.25, -0.2) is 0 Å². The first-order valence-corrected chi connectivity index (χ1v) is 3.10. The predicted octanol–water partition coefficient (Wildman–Crippen LogP) is 1.88. The third kappa shape index (κ3) is 8.80. The lowest BCUT2D eigenvalue weighted by molar-refractivity contribution is 0.837. The van der Waals surface area contributed by atoms with E-state index in [1.807, 2.05) is 10.3 Å². The zero-order chi connectivity index (χ0) is 8.36. The summed E-state index contributed by atoms with van der Waals surface area (Å²) in [4.78, 5) is 0. The quantitative estimate of drug-likeness (QED) is 0.291. The molecule has 56 valence electrons. The fourth-order valence-corrected chi connectivity index (χ4v) is 0.258. The van der Waals surface area contributed by atoms with Crippen molar-refractivity contribution in [3.63, 3.8) is 0 Å². The van der Waals surface area contributed by atoms with Crippen LogP contribution in [-0.4, -0.2) is 17.0 Å². The minimum atomic E-state index is 0.0288. The van der Waals surface area contributed by atoms with Crippen LogP contribution >= 0.6 is 24.4 Å². The van der Waals surface area contributed by atoms with Crippen LogP contribution in [0.3, 0.4) is 0 Å². The number of nitrogens with zero attached hydrogens (tertiary/aromatic N) is 6. The first kappa shape index (κ1) is 9.80. The van der Waals surface area contributed by atoms with Crippen molar-refractivity contribution in [3.05, 3.63) is 0 Å². The Labute approximate surface area is 72.8 Å². The van der Waals surface area contributed by atoms with Crippen LogP contribution in [0.4, 0.5) is 0 Å². The van der Waals surface area contributed by atoms with Gasteiger partial charge in [0.15, 0.2) is 6.67 Å². The van der Waals surface area contributed by atoms with Crippen LogP contribution in [0, 0.1) is 0 Å². The third-order valence-electron chi connectivity index (χ3n) is 0.424. The second-order valence-electron chi connectivity index (χ2n) is 0.986. The lowest BCUT2D eigenvalue weighted by Gasteiger charge is -1.73. The highest BCUT2D eigenvalue weighted by Crippen LogP contribution is 1.79. The molecule has 0 aliphatic heterocycles. The van der Waals surface area contributed by atoms with Crippen molar-refractivity contribution in [2.24, 2.45) is 30.9 Å². The molecule has 0 aliphatic rings. The summed E-state index contributed by atoms with van der Waals surface area (Å²) in [5, 5.41) is 23.4. The van der Waals surface area contributed by atoms with Gasteiger partial charge in [-0.2, -0.15) is 0 Å². The van der Waals surface area contributed by atoms with E-state index >= 15 is 0 Å². The normalized spacial score (nSPS) is 9.45. The third-order valence-corrected chi connectivity index (χ3v) is 0.587. The molecule has 0 aromatic rings. The molecule has 0 heterocycles. The van der Waals surface area contributed by atoms with Crippen molar-refractivity contribution in [3.8, 4) is 0 Å². The first-order chi connectivity index (χ1) is 5.41. The monoisotopic (exact) mass is 186 g/mol. The Morgan fingerprint density at radius 3 is 1.73 bits per heavy atom. The minimum absolute atomic E-state index is 0.0288. The molecule has 0 rings (SSSR count). The van der Waals surface area contributed by atoms with Crippen LogP contribution in [0.15, 0.2) is 30.9 Å². The molecular formula is C3H2N6S2. The molecule has 0 fully saturated rings. The molecule has 0 N–H and O–H groups in total. The molecule has 0 unspecified atom stereocenters. The maximum Gasteiger partial charge on any atom is 0.175 e. The summed E-state index contributed by atoms with van der Waals surface area (Å²) in [6.07, 6.45) is 0. The average molecular weight is 186 g/mol. The SMILES string of the molecule is S=C=NN=NCN=NN=C=S. The highest BCUT2D eigenvalue weighted by atomic mass is 32.1. The van der Waals surface area contributed by atoms with E-state index in [1.165, 1.54) is 0 Å². The fourth-order valence-electron chi connectivity index (χ4n) is 0.185. The topological polar surface area (TPSA) is 74.2 Å². The van der Waals surface area contributed by atoms with E-state index in [1.54, 1.807) is 0 Å². The largest absolute Gasteiger partial charge is 0.175 e. The maximum absolute atomic E-state index is 4.20. The Hall–Kier alpha value is -1.20. The molecular weight excluding hydrogens is 184 g/mol. The van der Waals surface area contributed by atoms with Gasteiger partial charge in [0, 0.05) is 0 Å². The molecule has 0 saturated heterocycles. The summed E-state index contributed by atoms with van der Waals surface area (Å²) in [5.74, 6) is 0. The van der Waals surface area contributed by atoms with Crippen molar-refractivity contribution >= 4 is 34.8 Å². The molecule has 0 atom stereocenters. The maximum atomic E-state index is 4.20. The Morgan fingerprint density at radius 2 is 1.36 bits per heavy atom. The molecule has 0 saturated carbocycles. The highest BCUT2D eigenvalue weighted by Gasteiger charge is 1.69. The zero-order valence-electron chi connectivity index (χ0n) is 5.21. The van der Waals surface area contributed by atoms with Crippen molar-refractivity contribution in [2.75, 3.05) is 6.67 Å². The number of hydrogen-bond donors (Lipinski definition) is 0. The Morgan fingerprint density at radius 1 is 0.909 bits per heavy atom. The molecule has 0 spiro atoms. The van der Waals surface area contributed by atoms with E-state index in [9.17, 15) is 0 Å². The second-order valence-corrected chi connectivity index (χ2v) is 1.35. The molecule has 11 heavy (non-hydrogen) atoms. The standard InChI is InChI=1S/C3H2N6S2/c10-2-6-8-4-1-5-9-7-3-11/h1H2. The summed E-state index contributed by atoms with van der Waals surface area (Å²) in [6.45, 7) is 0.0288. The van der Waals surface area contributed by atoms with Crippen molar-refractivity contribution in [1.29, 1.82) is 0 Å². The van der Waals surface area contributed by atoms with E-state index in [0.29, 0.717) is 0 Å². The van der Waals surface area contributed by atoms with Crippen LogP contribution in [0.25, 0.3) is 0 Å². The van der Waals surface area contributed by atoms with E-state index in [-0.39, 0.29) is 6.67 Å². The van der Waals surface area contributed by atoms with Crippen LogP contribution < -0.4 is 0 Å². The van der Waals surface area contributed by atoms with Crippen LogP contribution in [0.5, 0.6) is 0 Å². The van der Waals surface area contributed by atoms with Gasteiger partial charge in [0.25, 0.3) is 0 Å². The second kappa shape index (κ2) is 8.80. The summed E-state index contributed by atoms with van der Waals surface area (Å²) in [7, 11) is 0. The predicted molar refractivity (Wildman–Crippen MR) is 44.6 cm³/mol. The summed E-state index contributed by atoms with van der Waals surface area (Å²) >= 11 is 8.41. The Bertz CT molecular complexity index is 219. The molecule has 0 aliphatic carbocycles. The molecule has 0 aromatic heterocycles. The van der Waals surface area contributed by atoms with Gasteiger partial charge < -0.3 is 0 Å². The Kier molecular flexibility index (Phi) is 7.84. The minimum Gasteiger partial charge on any atom is -0.142 e. The molecule has 0 amide bonds. The molecule has 0 aromatic carbocycles. The fraction of sp³-hybridized carbons (Fsp3) is 0.333. The van der Waals surface area contributed by atoms with Gasteiger partial charge in [-0.1, -0.05) is 10.2 Å². The van der Waals surface area contributed by atoms with Crippen molar-refractivity contribution in [2.45, 2.75) is 0 Å². The van der Waals surface area contributed by atoms with E-state index in [2.05, 4.69) is 55.3 Å². The smallest absolute Gasteiger partial charge is 0.142 e. The van der Waals surface area contributed by atoms with Gasteiger partial charge in [-0.15, -0.1) is 10.2 Å². The lowest BCUT2D eigenvalue weighted by atomic mass is 11.2. The highest BCUT2D eigenvalue weighted by molar-refractivity contribution is 7.78. The lowest BCUT2D eigenvalue weighted by Crippen LogP contribution is -1.65. The van der Waals surface area contributed by atoms with Gasteiger partial charge in [0.1, 0.15) is 0 Å². The molecule has 6 nitrogen and oxygen atoms in total. The number of thiocarbonyl (C=S) groups is 2. The first-order valence-electron chi connectivity index (χ1n) is 2.29. The average Bonchev–Trinajstić information content (AvgIpc) is 2.03. The van der Waals surface area contributed by atoms with Crippen molar-refractivity contribution < 1.29 is 0 Å². The number of rotatable bonds is 4. The van der Waals surface area contributed by atoms with Crippen LogP contribution in [-0.2, 0) is 0 Å². The van der Waals surface area contributed by atoms with Gasteiger partial charge in [0.2, 0.25) is 0 Å².